The second-order valence-corrected chi connectivity index (χ2v) is 5.01. The van der Waals surface area contributed by atoms with Crippen LogP contribution in [0.5, 0.6) is 0 Å². The number of likely N-dealkylation sites (N-methyl/N-ethyl adjacent to an activating group) is 1. The van der Waals surface area contributed by atoms with E-state index in [0.717, 1.165) is 6.42 Å². The van der Waals surface area contributed by atoms with Crippen molar-refractivity contribution in [2.45, 2.75) is 30.6 Å². The number of nitrogens with one attached hydrogen (secondary N) is 1. The van der Waals surface area contributed by atoms with Crippen LogP contribution in [0.2, 0.25) is 0 Å². The monoisotopic (exact) mass is 262 g/mol. The largest absolute Gasteiger partial charge is 0.351 e. The molecule has 0 spiro atoms. The zero-order valence-corrected chi connectivity index (χ0v) is 10.0. The normalized spacial score (nSPS) is 24.6. The molecule has 2 unspecified atom stereocenters. The Balaban J connectivity index is 2.40. The van der Waals surface area contributed by atoms with E-state index in [2.05, 4.69) is 21.2 Å². The van der Waals surface area contributed by atoms with Gasteiger partial charge in [0, 0.05) is 26.1 Å². The lowest BCUT2D eigenvalue weighted by Gasteiger charge is -2.30. The molecule has 0 aromatic carbocycles. The van der Waals surface area contributed by atoms with Crippen molar-refractivity contribution in [1.82, 2.24) is 10.2 Å². The zero-order chi connectivity index (χ0) is 10.7. The molecule has 0 radical (unpaired) electrons. The lowest BCUT2D eigenvalue weighted by atomic mass is 10.1. The van der Waals surface area contributed by atoms with Crippen LogP contribution in [0.1, 0.15) is 19.8 Å². The summed E-state index contributed by atoms with van der Waals surface area (Å²) < 4.78 is 0. The fourth-order valence-electron chi connectivity index (χ4n) is 1.45. The Kier molecular flexibility index (Phi) is 3.92. The molecule has 4 nitrogen and oxygen atoms in total. The highest BCUT2D eigenvalue weighted by Gasteiger charge is 2.24. The predicted molar refractivity (Wildman–Crippen MR) is 57.2 cm³/mol. The molecule has 0 bridgehead atoms. The van der Waals surface area contributed by atoms with Crippen molar-refractivity contribution < 1.29 is 9.59 Å². The summed E-state index contributed by atoms with van der Waals surface area (Å²) in [6.45, 7) is 2.40. The molecular formula is C9H15BrN2O2. The molecular weight excluding hydrogens is 248 g/mol. The minimum atomic E-state index is -0.176. The van der Waals surface area contributed by atoms with Gasteiger partial charge in [-0.05, 0) is 13.3 Å². The topological polar surface area (TPSA) is 49.4 Å². The van der Waals surface area contributed by atoms with Crippen LogP contribution in [0.3, 0.4) is 0 Å². The number of carbonyl (C=O) groups is 2. The predicted octanol–water partition coefficient (Wildman–Crippen LogP) is 0.507. The number of alkyl halides is 1. The maximum Gasteiger partial charge on any atom is 0.233 e. The number of rotatable bonds is 2. The van der Waals surface area contributed by atoms with Gasteiger partial charge in [-0.25, -0.2) is 0 Å². The number of carbonyl (C=O) groups excluding carboxylic acids is 2. The molecule has 1 aliphatic heterocycles. The first-order valence-corrected chi connectivity index (χ1v) is 5.60. The van der Waals surface area contributed by atoms with E-state index < -0.39 is 0 Å². The van der Waals surface area contributed by atoms with Crippen molar-refractivity contribution in [1.29, 1.82) is 0 Å². The molecule has 5 heteroatoms. The molecule has 2 amide bonds. The van der Waals surface area contributed by atoms with E-state index in [-0.39, 0.29) is 22.7 Å². The smallest absolute Gasteiger partial charge is 0.233 e. The third kappa shape index (κ3) is 2.97. The van der Waals surface area contributed by atoms with E-state index in [1.165, 1.54) is 0 Å². The second kappa shape index (κ2) is 4.77. The standard InChI is InChI=1S/C9H15BrN2O2/c1-6(10)9(14)11-7-3-4-8(13)12(2)5-7/h6-7H,3-5H2,1-2H3,(H,11,14). The van der Waals surface area contributed by atoms with Gasteiger partial charge in [-0.1, -0.05) is 15.9 Å². The van der Waals surface area contributed by atoms with E-state index in [1.54, 1.807) is 18.9 Å². The van der Waals surface area contributed by atoms with Gasteiger partial charge >= 0.3 is 0 Å². The summed E-state index contributed by atoms with van der Waals surface area (Å²) in [5.74, 6) is 0.139. The van der Waals surface area contributed by atoms with Gasteiger partial charge < -0.3 is 10.2 Å². The minimum absolute atomic E-state index is 0.0160. The first-order chi connectivity index (χ1) is 6.50. The summed E-state index contributed by atoms with van der Waals surface area (Å²) in [5.41, 5.74) is 0. The fourth-order valence-corrected chi connectivity index (χ4v) is 1.58. The van der Waals surface area contributed by atoms with E-state index in [4.69, 9.17) is 0 Å². The third-order valence-electron chi connectivity index (χ3n) is 2.33. The van der Waals surface area contributed by atoms with Gasteiger partial charge in [-0.3, -0.25) is 9.59 Å². The van der Waals surface area contributed by atoms with Crippen LogP contribution in [0, 0.1) is 0 Å². The Morgan fingerprint density at radius 2 is 2.36 bits per heavy atom. The molecule has 1 fully saturated rings. The van der Waals surface area contributed by atoms with E-state index in [9.17, 15) is 9.59 Å². The van der Waals surface area contributed by atoms with Crippen molar-refractivity contribution in [3.8, 4) is 0 Å². The number of amides is 2. The van der Waals surface area contributed by atoms with Crippen LogP contribution < -0.4 is 5.32 Å². The minimum Gasteiger partial charge on any atom is -0.351 e. The van der Waals surface area contributed by atoms with Crippen LogP contribution in [0.15, 0.2) is 0 Å². The molecule has 0 aliphatic carbocycles. The number of halogens is 1. The Hall–Kier alpha value is -0.580. The average molecular weight is 263 g/mol. The van der Waals surface area contributed by atoms with Crippen LogP contribution in [-0.4, -0.2) is 41.2 Å². The van der Waals surface area contributed by atoms with Crippen LogP contribution in [0.25, 0.3) is 0 Å². The van der Waals surface area contributed by atoms with Crippen LogP contribution in [-0.2, 0) is 9.59 Å². The Labute approximate surface area is 92.2 Å². The summed E-state index contributed by atoms with van der Waals surface area (Å²) in [5, 5.41) is 2.89. The molecule has 0 aromatic heterocycles. The average Bonchev–Trinajstić information content (AvgIpc) is 2.11. The molecule has 1 heterocycles. The quantitative estimate of drug-likeness (QED) is 0.738. The molecule has 1 aliphatic rings. The maximum absolute atomic E-state index is 11.3. The van der Waals surface area contributed by atoms with Gasteiger partial charge in [0.25, 0.3) is 0 Å². The molecule has 0 saturated carbocycles. The van der Waals surface area contributed by atoms with Crippen molar-refractivity contribution in [3.63, 3.8) is 0 Å². The van der Waals surface area contributed by atoms with E-state index >= 15 is 0 Å². The summed E-state index contributed by atoms with van der Waals surface area (Å²) in [6.07, 6.45) is 1.27. The van der Waals surface area contributed by atoms with Gasteiger partial charge in [0.15, 0.2) is 0 Å². The molecule has 1 N–H and O–H groups in total. The number of hydrogen-bond acceptors (Lipinski definition) is 2. The zero-order valence-electron chi connectivity index (χ0n) is 8.42. The van der Waals surface area contributed by atoms with Gasteiger partial charge in [0.2, 0.25) is 11.8 Å². The highest BCUT2D eigenvalue weighted by Crippen LogP contribution is 2.10. The Morgan fingerprint density at radius 3 is 2.86 bits per heavy atom. The van der Waals surface area contributed by atoms with Crippen molar-refractivity contribution in [2.75, 3.05) is 13.6 Å². The molecule has 2 atom stereocenters. The lowest BCUT2D eigenvalue weighted by molar-refractivity contribution is -0.133. The van der Waals surface area contributed by atoms with Gasteiger partial charge in [0.05, 0.1) is 4.83 Å². The summed E-state index contributed by atoms with van der Waals surface area (Å²) in [7, 11) is 1.76. The van der Waals surface area contributed by atoms with Gasteiger partial charge in [-0.15, -0.1) is 0 Å². The van der Waals surface area contributed by atoms with Crippen molar-refractivity contribution in [2.24, 2.45) is 0 Å². The number of hydrogen-bond donors (Lipinski definition) is 1. The lowest BCUT2D eigenvalue weighted by Crippen LogP contribution is -2.49. The molecule has 1 rings (SSSR count). The van der Waals surface area contributed by atoms with Crippen LogP contribution >= 0.6 is 15.9 Å². The number of nitrogens with zero attached hydrogens (tertiary/aromatic N) is 1. The van der Waals surface area contributed by atoms with Gasteiger partial charge in [0.1, 0.15) is 0 Å². The summed E-state index contributed by atoms with van der Waals surface area (Å²) in [6, 6.07) is 0.102. The summed E-state index contributed by atoms with van der Waals surface area (Å²) in [4.78, 5) is 24.0. The summed E-state index contributed by atoms with van der Waals surface area (Å²) >= 11 is 3.20. The first-order valence-electron chi connectivity index (χ1n) is 4.69. The number of likely N-dealkylation sites (tertiary alicyclic amines) is 1. The van der Waals surface area contributed by atoms with Crippen molar-refractivity contribution >= 4 is 27.7 Å². The molecule has 14 heavy (non-hydrogen) atoms. The van der Waals surface area contributed by atoms with Gasteiger partial charge in [-0.2, -0.15) is 0 Å². The second-order valence-electron chi connectivity index (χ2n) is 3.63. The highest BCUT2D eigenvalue weighted by molar-refractivity contribution is 9.10. The molecule has 1 saturated heterocycles. The molecule has 80 valence electrons. The Morgan fingerprint density at radius 1 is 1.71 bits per heavy atom. The SMILES string of the molecule is CC(Br)C(=O)NC1CCC(=O)N(C)C1. The maximum atomic E-state index is 11.3. The number of piperidine rings is 1. The highest BCUT2D eigenvalue weighted by atomic mass is 79.9. The van der Waals surface area contributed by atoms with Crippen LogP contribution in [0.4, 0.5) is 0 Å². The third-order valence-corrected chi connectivity index (χ3v) is 2.75. The van der Waals surface area contributed by atoms with E-state index in [0.29, 0.717) is 13.0 Å². The Bertz CT molecular complexity index is 243. The molecule has 0 aromatic rings. The first kappa shape index (κ1) is 11.5. The van der Waals surface area contributed by atoms with Crippen molar-refractivity contribution in [3.05, 3.63) is 0 Å². The van der Waals surface area contributed by atoms with E-state index in [1.807, 2.05) is 0 Å². The fraction of sp³-hybridized carbons (Fsp3) is 0.778.